The maximum Gasteiger partial charge on any atom is 0.306 e. The number of esters is 1. The highest BCUT2D eigenvalue weighted by Gasteiger charge is 2.24. The van der Waals surface area contributed by atoms with E-state index in [-0.39, 0.29) is 24.9 Å². The van der Waals surface area contributed by atoms with Gasteiger partial charge in [0, 0.05) is 6.42 Å². The molecule has 0 aliphatic rings. The molecule has 0 aromatic rings. The number of rotatable bonds is 52. The second kappa shape index (κ2) is 52.3. The normalized spacial score (nSPS) is 13.3. The Hall–Kier alpha value is -1.66. The van der Waals surface area contributed by atoms with Crippen LogP contribution in [-0.4, -0.2) is 46.9 Å². The van der Waals surface area contributed by atoms with Crippen molar-refractivity contribution in [2.24, 2.45) is 0 Å². The fourth-order valence-corrected chi connectivity index (χ4v) is 8.89. The molecule has 3 N–H and O–H groups in total. The predicted molar refractivity (Wildman–Crippen MR) is 278 cm³/mol. The number of carbonyl (C=O) groups is 2. The van der Waals surface area contributed by atoms with Gasteiger partial charge in [-0.3, -0.25) is 9.59 Å². The molecular weight excluding hydrogens is 791 g/mol. The van der Waals surface area contributed by atoms with Crippen molar-refractivity contribution in [3.8, 4) is 0 Å². The topological polar surface area (TPSA) is 95.9 Å². The van der Waals surface area contributed by atoms with Gasteiger partial charge in [-0.2, -0.15) is 0 Å². The molecule has 0 saturated carbocycles. The minimum atomic E-state index is -0.788. The van der Waals surface area contributed by atoms with E-state index in [0.717, 1.165) is 64.2 Å². The minimum Gasteiger partial charge on any atom is -0.462 e. The number of aliphatic hydroxyl groups is 2. The Morgan fingerprint density at radius 2 is 0.750 bits per heavy atom. The van der Waals surface area contributed by atoms with Gasteiger partial charge in [-0.25, -0.2) is 0 Å². The number of hydrogen-bond acceptors (Lipinski definition) is 5. The van der Waals surface area contributed by atoms with Crippen LogP contribution in [0.5, 0.6) is 0 Å². The Labute approximate surface area is 399 Å². The molecule has 6 heteroatoms. The first-order valence-corrected chi connectivity index (χ1v) is 28.6. The summed E-state index contributed by atoms with van der Waals surface area (Å²) in [6.45, 7) is 6.50. The fraction of sp³-hybridized carbons (Fsp3) is 0.897. The Morgan fingerprint density at radius 1 is 0.438 bits per heavy atom. The molecule has 0 fully saturated rings. The second-order valence-electron chi connectivity index (χ2n) is 19.7. The van der Waals surface area contributed by atoms with Gasteiger partial charge in [0.2, 0.25) is 5.91 Å². The molecule has 0 aromatic carbocycles. The van der Waals surface area contributed by atoms with Crippen LogP contribution in [0.15, 0.2) is 24.3 Å². The zero-order valence-electron chi connectivity index (χ0n) is 43.2. The van der Waals surface area contributed by atoms with Crippen molar-refractivity contribution in [3.05, 3.63) is 24.3 Å². The van der Waals surface area contributed by atoms with Gasteiger partial charge in [0.25, 0.3) is 0 Å². The standard InChI is InChI=1S/C58H111NO5/c1-4-7-10-13-16-19-22-25-27-28-29-30-33-36-39-42-45-48-51-58(63)64-54(49-46-43-40-37-34-31-24-21-18-15-12-9-6-3)52-57(62)59-55(53-60)56(61)50-47-44-41-38-35-32-26-23-20-17-14-11-8-5-2/h21,24,29-30,54-56,60-61H,4-20,22-23,25-28,31-53H2,1-3H3,(H,59,62)/b24-21-,30-29+. The summed E-state index contributed by atoms with van der Waals surface area (Å²) < 4.78 is 5.95. The first-order chi connectivity index (χ1) is 31.5. The number of amides is 1. The van der Waals surface area contributed by atoms with E-state index in [1.54, 1.807) is 0 Å². The first kappa shape index (κ1) is 62.3. The summed E-state index contributed by atoms with van der Waals surface area (Å²) >= 11 is 0. The number of allylic oxidation sites excluding steroid dienone is 4. The van der Waals surface area contributed by atoms with Crippen molar-refractivity contribution >= 4 is 11.9 Å². The van der Waals surface area contributed by atoms with Gasteiger partial charge < -0.3 is 20.3 Å². The molecular formula is C58H111NO5. The van der Waals surface area contributed by atoms with Crippen molar-refractivity contribution in [3.63, 3.8) is 0 Å². The third-order valence-electron chi connectivity index (χ3n) is 13.3. The van der Waals surface area contributed by atoms with Gasteiger partial charge in [-0.1, -0.05) is 244 Å². The number of nitrogens with one attached hydrogen (secondary N) is 1. The molecule has 0 spiro atoms. The molecule has 0 aromatic heterocycles. The summed E-state index contributed by atoms with van der Waals surface area (Å²) in [4.78, 5) is 26.2. The van der Waals surface area contributed by atoms with Crippen LogP contribution < -0.4 is 5.32 Å². The van der Waals surface area contributed by atoms with E-state index in [0.29, 0.717) is 19.3 Å². The minimum absolute atomic E-state index is 0.0729. The van der Waals surface area contributed by atoms with Crippen molar-refractivity contribution < 1.29 is 24.5 Å². The molecule has 0 radical (unpaired) electrons. The summed E-state index contributed by atoms with van der Waals surface area (Å²) in [6.07, 6.45) is 61.0. The highest BCUT2D eigenvalue weighted by Crippen LogP contribution is 2.18. The molecule has 0 saturated heterocycles. The molecule has 0 heterocycles. The van der Waals surface area contributed by atoms with Gasteiger partial charge >= 0.3 is 5.97 Å². The molecule has 378 valence electrons. The Morgan fingerprint density at radius 3 is 1.12 bits per heavy atom. The lowest BCUT2D eigenvalue weighted by atomic mass is 10.0. The zero-order chi connectivity index (χ0) is 46.7. The molecule has 64 heavy (non-hydrogen) atoms. The van der Waals surface area contributed by atoms with Crippen LogP contribution in [0.2, 0.25) is 0 Å². The summed E-state index contributed by atoms with van der Waals surface area (Å²) in [5, 5.41) is 23.8. The van der Waals surface area contributed by atoms with Gasteiger partial charge in [0.15, 0.2) is 0 Å². The Kier molecular flexibility index (Phi) is 51.0. The van der Waals surface area contributed by atoms with E-state index in [9.17, 15) is 19.8 Å². The smallest absolute Gasteiger partial charge is 0.306 e. The largest absolute Gasteiger partial charge is 0.462 e. The maximum atomic E-state index is 13.2. The number of aliphatic hydroxyl groups excluding tert-OH is 2. The third kappa shape index (κ3) is 46.9. The molecule has 3 unspecified atom stereocenters. The molecule has 1 amide bonds. The molecule has 0 aliphatic heterocycles. The number of unbranched alkanes of at least 4 members (excludes halogenated alkanes) is 36. The zero-order valence-corrected chi connectivity index (χ0v) is 43.2. The highest BCUT2D eigenvalue weighted by molar-refractivity contribution is 5.77. The van der Waals surface area contributed by atoms with Gasteiger partial charge in [-0.05, 0) is 77.0 Å². The lowest BCUT2D eigenvalue weighted by molar-refractivity contribution is -0.151. The van der Waals surface area contributed by atoms with Gasteiger partial charge in [-0.15, -0.1) is 0 Å². The van der Waals surface area contributed by atoms with Crippen LogP contribution in [-0.2, 0) is 14.3 Å². The second-order valence-corrected chi connectivity index (χ2v) is 19.7. The van der Waals surface area contributed by atoms with Crippen molar-refractivity contribution in [2.45, 2.75) is 328 Å². The number of ether oxygens (including phenoxy) is 1. The third-order valence-corrected chi connectivity index (χ3v) is 13.3. The summed E-state index contributed by atoms with van der Waals surface area (Å²) in [5.41, 5.74) is 0. The highest BCUT2D eigenvalue weighted by atomic mass is 16.5. The van der Waals surface area contributed by atoms with E-state index in [2.05, 4.69) is 50.4 Å². The molecule has 0 bridgehead atoms. The first-order valence-electron chi connectivity index (χ1n) is 28.6. The number of hydrogen-bond donors (Lipinski definition) is 3. The molecule has 0 rings (SSSR count). The average Bonchev–Trinajstić information content (AvgIpc) is 3.29. The lowest BCUT2D eigenvalue weighted by Crippen LogP contribution is -2.46. The number of carbonyl (C=O) groups excluding carboxylic acids is 2. The van der Waals surface area contributed by atoms with E-state index >= 15 is 0 Å². The van der Waals surface area contributed by atoms with Crippen molar-refractivity contribution in [1.29, 1.82) is 0 Å². The summed E-state index contributed by atoms with van der Waals surface area (Å²) in [5.74, 6) is -0.476. The summed E-state index contributed by atoms with van der Waals surface area (Å²) in [6, 6.07) is -0.702. The van der Waals surface area contributed by atoms with Crippen LogP contribution in [0.4, 0.5) is 0 Å². The van der Waals surface area contributed by atoms with Gasteiger partial charge in [0.05, 0.1) is 25.2 Å². The predicted octanol–water partition coefficient (Wildman–Crippen LogP) is 17.5. The van der Waals surface area contributed by atoms with Crippen LogP contribution in [0.25, 0.3) is 0 Å². The van der Waals surface area contributed by atoms with Crippen LogP contribution in [0, 0.1) is 0 Å². The summed E-state index contributed by atoms with van der Waals surface area (Å²) in [7, 11) is 0. The van der Waals surface area contributed by atoms with Crippen LogP contribution in [0.3, 0.4) is 0 Å². The monoisotopic (exact) mass is 902 g/mol. The van der Waals surface area contributed by atoms with E-state index in [1.165, 1.54) is 199 Å². The lowest BCUT2D eigenvalue weighted by Gasteiger charge is -2.24. The van der Waals surface area contributed by atoms with E-state index < -0.39 is 18.2 Å². The Balaban J connectivity index is 4.51. The van der Waals surface area contributed by atoms with E-state index in [4.69, 9.17) is 4.74 Å². The van der Waals surface area contributed by atoms with Crippen LogP contribution in [0.1, 0.15) is 310 Å². The fourth-order valence-electron chi connectivity index (χ4n) is 8.89. The Bertz CT molecular complexity index is 1010. The molecule has 3 atom stereocenters. The van der Waals surface area contributed by atoms with Crippen molar-refractivity contribution in [2.75, 3.05) is 6.61 Å². The van der Waals surface area contributed by atoms with Gasteiger partial charge in [0.1, 0.15) is 6.10 Å². The van der Waals surface area contributed by atoms with Crippen LogP contribution >= 0.6 is 0 Å². The maximum absolute atomic E-state index is 13.2. The van der Waals surface area contributed by atoms with Crippen molar-refractivity contribution in [1.82, 2.24) is 5.32 Å². The molecule has 6 nitrogen and oxygen atoms in total. The molecule has 0 aliphatic carbocycles. The van der Waals surface area contributed by atoms with E-state index in [1.807, 2.05) is 0 Å². The average molecular weight is 903 g/mol. The SMILES string of the molecule is CCCCCC/C=C\CCCCCCCC(CC(=O)NC(CO)C(O)CCCCCCCCCCCCCCCC)OC(=O)CCCCCCC/C=C/CCCCCCCCCCC. The quantitative estimate of drug-likeness (QED) is 0.0321.